The van der Waals surface area contributed by atoms with Gasteiger partial charge in [-0.3, -0.25) is 4.90 Å². The lowest BCUT2D eigenvalue weighted by atomic mass is 10.0. The minimum atomic E-state index is -0.997. The molecule has 1 fully saturated rings. The number of aromatic nitrogens is 1. The molecule has 0 aliphatic carbocycles. The first-order valence-corrected chi connectivity index (χ1v) is 8.19. The van der Waals surface area contributed by atoms with E-state index < -0.39 is 5.97 Å². The largest absolute Gasteiger partial charge is 0.477 e. The maximum Gasteiger partial charge on any atom is 0.341 e. The molecule has 0 saturated carbocycles. The van der Waals surface area contributed by atoms with Crippen molar-refractivity contribution in [2.75, 3.05) is 19.7 Å². The molecule has 1 aliphatic heterocycles. The van der Waals surface area contributed by atoms with E-state index in [1.165, 1.54) is 5.56 Å². The van der Waals surface area contributed by atoms with Crippen molar-refractivity contribution in [3.8, 4) is 0 Å². The average molecular weight is 330 g/mol. The molecule has 0 spiro atoms. The Kier molecular flexibility index (Phi) is 4.97. The van der Waals surface area contributed by atoms with Crippen LogP contribution in [0.2, 0.25) is 0 Å². The molecule has 0 amide bonds. The molecular weight excluding hydrogens is 308 g/mol. The van der Waals surface area contributed by atoms with Crippen molar-refractivity contribution in [3.05, 3.63) is 52.4 Å². The number of carboxylic acid groups (broad SMARTS) is 1. The van der Waals surface area contributed by atoms with Crippen molar-refractivity contribution in [1.29, 1.82) is 0 Å². The van der Waals surface area contributed by atoms with E-state index in [1.807, 2.05) is 0 Å². The Labute approximate surface area is 141 Å². The molecule has 2 heterocycles. The predicted octanol–water partition coefficient (Wildman–Crippen LogP) is 2.82. The summed E-state index contributed by atoms with van der Waals surface area (Å²) in [4.78, 5) is 13.5. The van der Waals surface area contributed by atoms with Crippen molar-refractivity contribution in [1.82, 2.24) is 10.1 Å². The van der Waals surface area contributed by atoms with Gasteiger partial charge in [0.05, 0.1) is 12.7 Å². The molecule has 24 heavy (non-hydrogen) atoms. The summed E-state index contributed by atoms with van der Waals surface area (Å²) >= 11 is 0. The number of hydrogen-bond acceptors (Lipinski definition) is 5. The normalized spacial score (nSPS) is 18.7. The second kappa shape index (κ2) is 7.15. The molecule has 3 rings (SSSR count). The summed E-state index contributed by atoms with van der Waals surface area (Å²) in [5.41, 5.74) is 3.09. The van der Waals surface area contributed by atoms with Crippen LogP contribution in [0.15, 0.2) is 28.8 Å². The van der Waals surface area contributed by atoms with Crippen molar-refractivity contribution in [3.63, 3.8) is 0 Å². The average Bonchev–Trinajstić information content (AvgIpc) is 2.96. The number of nitrogens with zero attached hydrogens (tertiary/aromatic N) is 2. The van der Waals surface area contributed by atoms with Gasteiger partial charge in [0.25, 0.3) is 0 Å². The first-order valence-electron chi connectivity index (χ1n) is 8.19. The molecule has 0 bridgehead atoms. The molecule has 1 unspecified atom stereocenters. The van der Waals surface area contributed by atoms with E-state index in [0.717, 1.165) is 18.5 Å². The van der Waals surface area contributed by atoms with E-state index in [0.29, 0.717) is 31.2 Å². The molecule has 6 nitrogen and oxygen atoms in total. The highest BCUT2D eigenvalue weighted by molar-refractivity contribution is 5.89. The van der Waals surface area contributed by atoms with E-state index in [2.05, 4.69) is 41.2 Å². The van der Waals surface area contributed by atoms with Gasteiger partial charge in [0.2, 0.25) is 0 Å². The fourth-order valence-corrected chi connectivity index (χ4v) is 3.03. The van der Waals surface area contributed by atoms with Gasteiger partial charge in [-0.1, -0.05) is 36.3 Å². The summed E-state index contributed by atoms with van der Waals surface area (Å²) in [5.74, 6) is -0.652. The maximum absolute atomic E-state index is 11.3. The van der Waals surface area contributed by atoms with E-state index >= 15 is 0 Å². The van der Waals surface area contributed by atoms with Crippen LogP contribution in [-0.4, -0.2) is 40.8 Å². The standard InChI is InChI=1S/C18H22N2O4/c1-3-13-4-6-14(7-5-13)16-11-20(8-9-23-16)10-15-17(18(21)22)12(2)24-19-15/h4-7,16H,3,8-11H2,1-2H3,(H,21,22). The third-order valence-electron chi connectivity index (χ3n) is 4.43. The topological polar surface area (TPSA) is 75.8 Å². The van der Waals surface area contributed by atoms with E-state index in [9.17, 15) is 9.90 Å². The molecule has 1 N–H and O–H groups in total. The predicted molar refractivity (Wildman–Crippen MR) is 88.0 cm³/mol. The zero-order valence-corrected chi connectivity index (χ0v) is 14.0. The van der Waals surface area contributed by atoms with Crippen molar-refractivity contribution >= 4 is 5.97 Å². The molecular formula is C18H22N2O4. The van der Waals surface area contributed by atoms with Crippen LogP contribution >= 0.6 is 0 Å². The first kappa shape index (κ1) is 16.7. The Balaban J connectivity index is 1.70. The monoisotopic (exact) mass is 330 g/mol. The van der Waals surface area contributed by atoms with E-state index in [4.69, 9.17) is 9.26 Å². The fraction of sp³-hybridized carbons (Fsp3) is 0.444. The summed E-state index contributed by atoms with van der Waals surface area (Å²) in [5, 5.41) is 13.2. The minimum Gasteiger partial charge on any atom is -0.477 e. The van der Waals surface area contributed by atoms with Gasteiger partial charge in [-0.2, -0.15) is 0 Å². The van der Waals surface area contributed by atoms with Crippen molar-refractivity contribution in [2.24, 2.45) is 0 Å². The Morgan fingerprint density at radius 2 is 2.12 bits per heavy atom. The van der Waals surface area contributed by atoms with Crippen LogP contribution in [0.1, 0.15) is 46.0 Å². The summed E-state index contributed by atoms with van der Waals surface area (Å²) in [7, 11) is 0. The molecule has 1 atom stereocenters. The summed E-state index contributed by atoms with van der Waals surface area (Å²) in [6.07, 6.45) is 1.01. The van der Waals surface area contributed by atoms with Gasteiger partial charge < -0.3 is 14.4 Å². The number of hydrogen-bond donors (Lipinski definition) is 1. The summed E-state index contributed by atoms with van der Waals surface area (Å²) in [6, 6.07) is 8.47. The molecule has 128 valence electrons. The van der Waals surface area contributed by atoms with Gasteiger partial charge in [-0.15, -0.1) is 0 Å². The molecule has 1 aliphatic rings. The molecule has 1 saturated heterocycles. The van der Waals surface area contributed by atoms with Crippen LogP contribution in [0.25, 0.3) is 0 Å². The quantitative estimate of drug-likeness (QED) is 0.908. The lowest BCUT2D eigenvalue weighted by Gasteiger charge is -2.32. The SMILES string of the molecule is CCc1ccc(C2CN(Cc3noc(C)c3C(=O)O)CCO2)cc1. The molecule has 6 heteroatoms. The number of aryl methyl sites for hydroxylation is 2. The summed E-state index contributed by atoms with van der Waals surface area (Å²) in [6.45, 7) is 6.27. The third-order valence-corrected chi connectivity index (χ3v) is 4.43. The number of aromatic carboxylic acids is 1. The number of benzene rings is 1. The Hall–Kier alpha value is -2.18. The number of rotatable bonds is 5. The maximum atomic E-state index is 11.3. The number of carboxylic acids is 1. The molecule has 1 aromatic heterocycles. The smallest absolute Gasteiger partial charge is 0.341 e. The fourth-order valence-electron chi connectivity index (χ4n) is 3.03. The van der Waals surface area contributed by atoms with Crippen molar-refractivity contribution in [2.45, 2.75) is 32.9 Å². The second-order valence-electron chi connectivity index (χ2n) is 6.06. The van der Waals surface area contributed by atoms with Gasteiger partial charge in [0.15, 0.2) is 0 Å². The van der Waals surface area contributed by atoms with Gasteiger partial charge in [0.1, 0.15) is 17.0 Å². The lowest BCUT2D eigenvalue weighted by Crippen LogP contribution is -2.38. The zero-order chi connectivity index (χ0) is 17.1. The van der Waals surface area contributed by atoms with Gasteiger partial charge in [0, 0.05) is 19.6 Å². The van der Waals surface area contributed by atoms with Crippen molar-refractivity contribution < 1.29 is 19.2 Å². The Bertz CT molecular complexity index is 708. The van der Waals surface area contributed by atoms with Gasteiger partial charge in [-0.25, -0.2) is 4.79 Å². The number of morpholine rings is 1. The summed E-state index contributed by atoms with van der Waals surface area (Å²) < 4.78 is 10.9. The van der Waals surface area contributed by atoms with E-state index in [-0.39, 0.29) is 11.7 Å². The minimum absolute atomic E-state index is 0.00840. The van der Waals surface area contributed by atoms with Gasteiger partial charge in [-0.05, 0) is 24.5 Å². The highest BCUT2D eigenvalue weighted by atomic mass is 16.5. The highest BCUT2D eigenvalue weighted by Crippen LogP contribution is 2.24. The third kappa shape index (κ3) is 3.49. The van der Waals surface area contributed by atoms with Crippen LogP contribution < -0.4 is 0 Å². The highest BCUT2D eigenvalue weighted by Gasteiger charge is 2.26. The Morgan fingerprint density at radius 1 is 1.38 bits per heavy atom. The van der Waals surface area contributed by atoms with Crippen LogP contribution in [0.3, 0.4) is 0 Å². The zero-order valence-electron chi connectivity index (χ0n) is 14.0. The first-order chi connectivity index (χ1) is 11.6. The second-order valence-corrected chi connectivity index (χ2v) is 6.06. The number of ether oxygens (including phenoxy) is 1. The molecule has 2 aromatic rings. The Morgan fingerprint density at radius 3 is 2.79 bits per heavy atom. The molecule has 1 aromatic carbocycles. The van der Waals surface area contributed by atoms with E-state index in [1.54, 1.807) is 6.92 Å². The van der Waals surface area contributed by atoms with Crippen LogP contribution in [0.5, 0.6) is 0 Å². The van der Waals surface area contributed by atoms with Gasteiger partial charge >= 0.3 is 5.97 Å². The van der Waals surface area contributed by atoms with Crippen LogP contribution in [0, 0.1) is 6.92 Å². The molecule has 0 radical (unpaired) electrons. The number of carbonyl (C=O) groups is 1. The van der Waals surface area contributed by atoms with Crippen LogP contribution in [-0.2, 0) is 17.7 Å². The van der Waals surface area contributed by atoms with Crippen LogP contribution in [0.4, 0.5) is 0 Å². The lowest BCUT2D eigenvalue weighted by molar-refractivity contribution is -0.0335.